The van der Waals surface area contributed by atoms with E-state index < -0.39 is 21.7 Å². The number of hydrogen-bond acceptors (Lipinski definition) is 5. The fourth-order valence-electron chi connectivity index (χ4n) is 3.88. The summed E-state index contributed by atoms with van der Waals surface area (Å²) in [6, 6.07) is 17.9. The van der Waals surface area contributed by atoms with Crippen LogP contribution in [0.3, 0.4) is 0 Å². The Balaban J connectivity index is 1.50. The molecule has 34 heavy (non-hydrogen) atoms. The Morgan fingerprint density at radius 2 is 1.65 bits per heavy atom. The highest BCUT2D eigenvalue weighted by Gasteiger charge is 2.30. The summed E-state index contributed by atoms with van der Waals surface area (Å²) in [7, 11) is -2.31. The summed E-state index contributed by atoms with van der Waals surface area (Å²) < 4.78 is 47.7. The smallest absolute Gasteiger partial charge is 0.258 e. The number of halogens is 1. The molecule has 0 unspecified atom stereocenters. The van der Waals surface area contributed by atoms with Gasteiger partial charge in [0.15, 0.2) is 0 Å². The summed E-state index contributed by atoms with van der Waals surface area (Å²) in [5, 5.41) is 2.61. The molecule has 0 aliphatic carbocycles. The zero-order chi connectivity index (χ0) is 24.3. The van der Waals surface area contributed by atoms with Crippen LogP contribution in [-0.4, -0.2) is 51.9 Å². The van der Waals surface area contributed by atoms with Crippen molar-refractivity contribution in [2.75, 3.05) is 43.5 Å². The fourth-order valence-corrected chi connectivity index (χ4v) is 5.33. The molecule has 0 radical (unpaired) electrons. The van der Waals surface area contributed by atoms with E-state index in [-0.39, 0.29) is 23.5 Å². The van der Waals surface area contributed by atoms with E-state index in [4.69, 9.17) is 4.74 Å². The number of nitrogens with one attached hydrogen (secondary N) is 1. The molecule has 1 saturated heterocycles. The Morgan fingerprint density at radius 1 is 0.971 bits per heavy atom. The molecule has 1 N–H and O–H groups in total. The number of anilines is 2. The minimum Gasteiger partial charge on any atom is -0.495 e. The van der Waals surface area contributed by atoms with Crippen molar-refractivity contribution in [3.8, 4) is 5.75 Å². The van der Waals surface area contributed by atoms with Gasteiger partial charge in [0.2, 0.25) is 10.0 Å². The standard InChI is InChI=1S/C25H26FN3O4S/c1-18-7-9-19(10-8-18)27-25(30)21-17-20(11-12-22(21)26)34(31,32)29-15-13-28(14-16-29)23-5-3-4-6-24(23)33-2/h3-12,17H,13-16H2,1-2H3,(H,27,30). The first kappa shape index (κ1) is 23.7. The maximum absolute atomic E-state index is 14.4. The molecule has 0 bridgehead atoms. The van der Waals surface area contributed by atoms with Crippen LogP contribution in [0.15, 0.2) is 71.6 Å². The summed E-state index contributed by atoms with van der Waals surface area (Å²) >= 11 is 0. The summed E-state index contributed by atoms with van der Waals surface area (Å²) in [5.74, 6) is -0.773. The molecular weight excluding hydrogens is 457 g/mol. The number of amides is 1. The van der Waals surface area contributed by atoms with Crippen molar-refractivity contribution in [3.63, 3.8) is 0 Å². The first-order valence-electron chi connectivity index (χ1n) is 10.9. The number of aryl methyl sites for hydroxylation is 1. The van der Waals surface area contributed by atoms with Gasteiger partial charge in [0, 0.05) is 31.9 Å². The Morgan fingerprint density at radius 3 is 2.32 bits per heavy atom. The van der Waals surface area contributed by atoms with Crippen LogP contribution in [-0.2, 0) is 10.0 Å². The molecular formula is C25H26FN3O4S. The van der Waals surface area contributed by atoms with Gasteiger partial charge >= 0.3 is 0 Å². The number of carbonyl (C=O) groups is 1. The van der Waals surface area contributed by atoms with Crippen molar-refractivity contribution in [2.45, 2.75) is 11.8 Å². The lowest BCUT2D eigenvalue weighted by molar-refractivity contribution is 0.102. The summed E-state index contributed by atoms with van der Waals surface area (Å²) in [5.41, 5.74) is 2.09. The summed E-state index contributed by atoms with van der Waals surface area (Å²) in [6.45, 7) is 3.37. The van der Waals surface area contributed by atoms with Gasteiger partial charge in [-0.05, 0) is 49.4 Å². The van der Waals surface area contributed by atoms with E-state index in [0.717, 1.165) is 29.1 Å². The molecule has 3 aromatic rings. The third-order valence-electron chi connectivity index (χ3n) is 5.79. The number of carbonyl (C=O) groups excluding carboxylic acids is 1. The Labute approximate surface area is 198 Å². The fraction of sp³-hybridized carbons (Fsp3) is 0.240. The maximum atomic E-state index is 14.4. The van der Waals surface area contributed by atoms with Gasteiger partial charge in [-0.15, -0.1) is 0 Å². The van der Waals surface area contributed by atoms with E-state index >= 15 is 0 Å². The van der Waals surface area contributed by atoms with Gasteiger partial charge in [-0.3, -0.25) is 4.79 Å². The van der Waals surface area contributed by atoms with Crippen molar-refractivity contribution in [3.05, 3.63) is 83.7 Å². The van der Waals surface area contributed by atoms with Gasteiger partial charge in [0.05, 0.1) is 23.3 Å². The Bertz CT molecular complexity index is 1290. The third kappa shape index (κ3) is 4.90. The molecule has 3 aromatic carbocycles. The normalized spacial score (nSPS) is 14.6. The van der Waals surface area contributed by atoms with Crippen LogP contribution >= 0.6 is 0 Å². The number of methoxy groups -OCH3 is 1. The molecule has 1 aliphatic heterocycles. The number of ether oxygens (including phenoxy) is 1. The van der Waals surface area contributed by atoms with Crippen molar-refractivity contribution in [2.24, 2.45) is 0 Å². The van der Waals surface area contributed by atoms with Gasteiger partial charge in [0.25, 0.3) is 5.91 Å². The van der Waals surface area contributed by atoms with Crippen molar-refractivity contribution in [1.82, 2.24) is 4.31 Å². The molecule has 9 heteroatoms. The van der Waals surface area contributed by atoms with Gasteiger partial charge in [-0.1, -0.05) is 29.8 Å². The van der Waals surface area contributed by atoms with Gasteiger partial charge in [0.1, 0.15) is 11.6 Å². The Hall–Kier alpha value is -3.43. The van der Waals surface area contributed by atoms with Crippen molar-refractivity contribution < 1.29 is 22.3 Å². The van der Waals surface area contributed by atoms with Crippen LogP contribution in [0.2, 0.25) is 0 Å². The molecule has 0 atom stereocenters. The number of nitrogens with zero attached hydrogens (tertiary/aromatic N) is 2. The number of hydrogen-bond donors (Lipinski definition) is 1. The lowest BCUT2D eigenvalue weighted by Crippen LogP contribution is -2.48. The molecule has 1 aliphatic rings. The predicted octanol–water partition coefficient (Wildman–Crippen LogP) is 3.91. The van der Waals surface area contributed by atoms with E-state index in [1.54, 1.807) is 19.2 Å². The topological polar surface area (TPSA) is 79.0 Å². The SMILES string of the molecule is COc1ccccc1N1CCN(S(=O)(=O)c2ccc(F)c(C(=O)Nc3ccc(C)cc3)c2)CC1. The highest BCUT2D eigenvalue weighted by Crippen LogP contribution is 2.29. The van der Waals surface area contributed by atoms with Crippen LogP contribution in [0, 0.1) is 12.7 Å². The zero-order valence-corrected chi connectivity index (χ0v) is 19.8. The molecule has 1 heterocycles. The number of para-hydroxylation sites is 2. The Kier molecular flexibility index (Phi) is 6.85. The van der Waals surface area contributed by atoms with E-state index in [0.29, 0.717) is 18.8 Å². The second-order valence-corrected chi connectivity index (χ2v) is 9.96. The highest BCUT2D eigenvalue weighted by atomic mass is 32.2. The molecule has 178 valence electrons. The molecule has 7 nitrogen and oxygen atoms in total. The number of benzene rings is 3. The number of sulfonamides is 1. The van der Waals surface area contributed by atoms with Crippen LogP contribution in [0.4, 0.5) is 15.8 Å². The monoisotopic (exact) mass is 483 g/mol. The third-order valence-corrected chi connectivity index (χ3v) is 7.69. The zero-order valence-electron chi connectivity index (χ0n) is 19.0. The molecule has 4 rings (SSSR count). The van der Waals surface area contributed by atoms with E-state index in [9.17, 15) is 17.6 Å². The summed E-state index contributed by atoms with van der Waals surface area (Å²) in [4.78, 5) is 14.6. The van der Waals surface area contributed by atoms with Crippen LogP contribution in [0.25, 0.3) is 0 Å². The quantitative estimate of drug-likeness (QED) is 0.575. The average molecular weight is 484 g/mol. The first-order valence-corrected chi connectivity index (χ1v) is 12.3. The van der Waals surface area contributed by atoms with Gasteiger partial charge < -0.3 is 15.0 Å². The second kappa shape index (κ2) is 9.82. The van der Waals surface area contributed by atoms with Gasteiger partial charge in [-0.25, -0.2) is 12.8 Å². The minimum atomic E-state index is -3.91. The van der Waals surface area contributed by atoms with Crippen molar-refractivity contribution in [1.29, 1.82) is 0 Å². The molecule has 0 spiro atoms. The van der Waals surface area contributed by atoms with Crippen LogP contribution in [0.5, 0.6) is 5.75 Å². The molecule has 1 amide bonds. The van der Waals surface area contributed by atoms with Gasteiger partial charge in [-0.2, -0.15) is 4.31 Å². The minimum absolute atomic E-state index is 0.117. The predicted molar refractivity (Wildman–Crippen MR) is 129 cm³/mol. The highest BCUT2D eigenvalue weighted by molar-refractivity contribution is 7.89. The number of piperazine rings is 1. The lowest BCUT2D eigenvalue weighted by atomic mass is 10.2. The summed E-state index contributed by atoms with van der Waals surface area (Å²) in [6.07, 6.45) is 0. The molecule has 1 fully saturated rings. The maximum Gasteiger partial charge on any atom is 0.258 e. The lowest BCUT2D eigenvalue weighted by Gasteiger charge is -2.36. The largest absolute Gasteiger partial charge is 0.495 e. The molecule has 0 aromatic heterocycles. The van der Waals surface area contributed by atoms with Crippen LogP contribution in [0.1, 0.15) is 15.9 Å². The second-order valence-electron chi connectivity index (χ2n) is 8.02. The van der Waals surface area contributed by atoms with E-state index in [1.807, 2.05) is 43.3 Å². The van der Waals surface area contributed by atoms with Crippen LogP contribution < -0.4 is 15.0 Å². The average Bonchev–Trinajstić information content (AvgIpc) is 2.85. The van der Waals surface area contributed by atoms with Crippen molar-refractivity contribution >= 4 is 27.3 Å². The van der Waals surface area contributed by atoms with E-state index in [1.165, 1.54) is 10.4 Å². The first-order chi connectivity index (χ1) is 16.3. The number of rotatable bonds is 6. The van der Waals surface area contributed by atoms with E-state index in [2.05, 4.69) is 10.2 Å². The molecule has 0 saturated carbocycles.